The summed E-state index contributed by atoms with van der Waals surface area (Å²) in [5.74, 6) is -2.52. The van der Waals surface area contributed by atoms with Crippen molar-refractivity contribution in [3.8, 4) is 17.2 Å². The SMILES string of the molecule is [2H]c1c([2H])c(C)c([2H])c(OCC([2H])(O)CCCC([2H])([2H])c2c([2H])c([2H])c(OC([2H])([2H])[2H])c(OC([2H])([2H])[2H])c2[2H])c1[2H]. The Labute approximate surface area is 172 Å². The Balaban J connectivity index is 2.31. The van der Waals surface area contributed by atoms with Gasteiger partial charge in [0.15, 0.2) is 11.5 Å². The Morgan fingerprint density at radius 3 is 2.84 bits per heavy atom. The van der Waals surface area contributed by atoms with Gasteiger partial charge in [-0.3, -0.25) is 0 Å². The van der Waals surface area contributed by atoms with Crippen LogP contribution in [0.1, 0.15) is 52.3 Å². The molecular weight excluding hydrogens is 316 g/mol. The molecule has 0 aliphatic rings. The Bertz CT molecular complexity index is 1260. The highest BCUT2D eigenvalue weighted by Gasteiger charge is 2.07. The molecule has 0 bridgehead atoms. The Morgan fingerprint density at radius 2 is 2.00 bits per heavy atom. The van der Waals surface area contributed by atoms with E-state index in [1.54, 1.807) is 0 Å². The molecule has 0 amide bonds. The fraction of sp³-hybridized carbons (Fsp3) is 0.429. The van der Waals surface area contributed by atoms with Crippen LogP contribution in [-0.4, -0.2) is 31.9 Å². The Kier molecular flexibility index (Phi) is 2.72. The van der Waals surface area contributed by atoms with E-state index in [0.717, 1.165) is 0 Å². The van der Waals surface area contributed by atoms with Gasteiger partial charge >= 0.3 is 0 Å². The van der Waals surface area contributed by atoms with Gasteiger partial charge in [-0.25, -0.2) is 0 Å². The maximum atomic E-state index is 10.4. The van der Waals surface area contributed by atoms with Gasteiger partial charge in [0.1, 0.15) is 12.4 Å². The van der Waals surface area contributed by atoms with Crippen LogP contribution in [0.4, 0.5) is 0 Å². The molecule has 4 nitrogen and oxygen atoms in total. The summed E-state index contributed by atoms with van der Waals surface area (Å²) in [5, 5.41) is 10.4. The van der Waals surface area contributed by atoms with Gasteiger partial charge in [0.2, 0.25) is 0 Å². The van der Waals surface area contributed by atoms with Crippen molar-refractivity contribution in [2.24, 2.45) is 0 Å². The molecule has 1 N–H and O–H groups in total. The summed E-state index contributed by atoms with van der Waals surface area (Å²) in [5.41, 5.74) is -0.734. The van der Waals surface area contributed by atoms with Crippen molar-refractivity contribution < 1.29 is 41.2 Å². The summed E-state index contributed by atoms with van der Waals surface area (Å²) in [6.07, 6.45) is -6.30. The van der Waals surface area contributed by atoms with Crippen molar-refractivity contribution in [1.82, 2.24) is 0 Å². The van der Waals surface area contributed by atoms with Crippen LogP contribution in [0.5, 0.6) is 17.2 Å². The second-order valence-electron chi connectivity index (χ2n) is 4.95. The summed E-state index contributed by atoms with van der Waals surface area (Å²) in [6, 6.07) is -4.77. The average Bonchev–Trinajstić information content (AvgIpc) is 2.80. The van der Waals surface area contributed by atoms with Crippen molar-refractivity contribution in [2.45, 2.75) is 38.6 Å². The number of aliphatic hydroxyl groups is 1. The molecule has 4 heteroatoms. The molecule has 0 aromatic heterocycles. The predicted octanol–water partition coefficient (Wildman–Crippen LogP) is 4.16. The zero-order chi connectivity index (χ0) is 31.9. The third-order valence-corrected chi connectivity index (χ3v) is 3.00. The highest BCUT2D eigenvalue weighted by Crippen LogP contribution is 2.28. The number of hydrogen-bond acceptors (Lipinski definition) is 4. The van der Waals surface area contributed by atoms with Gasteiger partial charge in [-0.15, -0.1) is 0 Å². The minimum atomic E-state index is -3.25. The van der Waals surface area contributed by atoms with Crippen LogP contribution in [0.2, 0.25) is 0 Å². The predicted molar refractivity (Wildman–Crippen MR) is 99.8 cm³/mol. The normalized spacial score (nSPS) is 23.9. The van der Waals surface area contributed by atoms with E-state index < -0.39 is 99.0 Å². The summed E-state index contributed by atoms with van der Waals surface area (Å²) in [7, 11) is -6.46. The van der Waals surface area contributed by atoms with E-state index in [4.69, 9.17) is 26.7 Å². The number of methoxy groups -OCH3 is 2. The molecule has 2 rings (SSSR count). The van der Waals surface area contributed by atoms with Crippen LogP contribution in [0, 0.1) is 6.92 Å². The van der Waals surface area contributed by atoms with Crippen LogP contribution in [0.3, 0.4) is 0 Å². The van der Waals surface area contributed by atoms with Gasteiger partial charge in [0.25, 0.3) is 0 Å². The molecule has 0 aliphatic carbocycles. The molecule has 2 aromatic carbocycles. The molecule has 2 aromatic rings. The van der Waals surface area contributed by atoms with Crippen LogP contribution >= 0.6 is 0 Å². The average molecular weight is 361 g/mol. The van der Waals surface area contributed by atoms with Crippen molar-refractivity contribution >= 4 is 0 Å². The lowest BCUT2D eigenvalue weighted by Crippen LogP contribution is -2.17. The number of ether oxygens (including phenoxy) is 3. The topological polar surface area (TPSA) is 47.9 Å². The lowest BCUT2D eigenvalue weighted by atomic mass is 10.0. The van der Waals surface area contributed by atoms with Gasteiger partial charge < -0.3 is 19.3 Å². The fourth-order valence-electron chi connectivity index (χ4n) is 1.83. The van der Waals surface area contributed by atoms with E-state index in [2.05, 4.69) is 9.47 Å². The first-order valence-electron chi connectivity index (χ1n) is 15.3. The van der Waals surface area contributed by atoms with Crippen LogP contribution in [0.25, 0.3) is 0 Å². The number of benzene rings is 2. The second kappa shape index (κ2) is 9.94. The first-order chi connectivity index (χ1) is 18.4. The molecule has 0 aliphatic heterocycles. The maximum Gasteiger partial charge on any atom is 0.160 e. The maximum absolute atomic E-state index is 10.4. The van der Waals surface area contributed by atoms with E-state index in [1.807, 2.05) is 0 Å². The standard InChI is InChI=1S/C21H28O4/c1-16-7-6-10-19(13-16)25-15-18(22)9-5-4-8-17-11-12-20(23-2)21(14-17)24-3/h6-7,10-14,18,22H,4-5,8-9,15H2,1-3H3/i2D3,3D3,6D,7D,8D2,10D,11D,12D,13D,14D,18D. The van der Waals surface area contributed by atoms with E-state index in [0.29, 0.717) is 0 Å². The molecule has 0 heterocycles. The summed E-state index contributed by atoms with van der Waals surface area (Å²) >= 11 is 0. The minimum absolute atomic E-state index is 0.0611. The Hall–Kier alpha value is -2.20. The lowest BCUT2D eigenvalue weighted by molar-refractivity contribution is 0.0976. The third-order valence-electron chi connectivity index (χ3n) is 3.00. The van der Waals surface area contributed by atoms with Crippen LogP contribution < -0.4 is 14.2 Å². The highest BCUT2D eigenvalue weighted by atomic mass is 16.5. The van der Waals surface area contributed by atoms with Gasteiger partial charge in [-0.2, -0.15) is 0 Å². The van der Waals surface area contributed by atoms with E-state index in [1.165, 1.54) is 6.92 Å². The van der Waals surface area contributed by atoms with Crippen molar-refractivity contribution in [2.75, 3.05) is 20.7 Å². The minimum Gasteiger partial charge on any atom is -0.493 e. The lowest BCUT2D eigenvalue weighted by Gasteiger charge is -2.13. The largest absolute Gasteiger partial charge is 0.493 e. The van der Waals surface area contributed by atoms with E-state index >= 15 is 0 Å². The highest BCUT2D eigenvalue weighted by molar-refractivity contribution is 5.42. The van der Waals surface area contributed by atoms with Crippen molar-refractivity contribution in [3.05, 3.63) is 53.4 Å². The van der Waals surface area contributed by atoms with Gasteiger partial charge in [-0.05, 0) is 61.4 Å². The Morgan fingerprint density at radius 1 is 1.16 bits per heavy atom. The molecule has 0 saturated heterocycles. The zero-order valence-electron chi connectivity index (χ0n) is 29.5. The molecule has 0 radical (unpaired) electrons. The molecule has 1 atom stereocenters. The van der Waals surface area contributed by atoms with E-state index in [9.17, 15) is 5.11 Å². The number of hydrogen-bond donors (Lipinski definition) is 1. The second-order valence-corrected chi connectivity index (χ2v) is 4.95. The smallest absolute Gasteiger partial charge is 0.160 e. The quantitative estimate of drug-likeness (QED) is 0.691. The van der Waals surface area contributed by atoms with E-state index in [-0.39, 0.29) is 24.1 Å². The molecular formula is C21H28O4. The van der Waals surface area contributed by atoms with Gasteiger partial charge in [0, 0.05) is 2.74 Å². The first-order valence-corrected chi connectivity index (χ1v) is 7.34. The summed E-state index contributed by atoms with van der Waals surface area (Å²) in [6.45, 7) is 0.593. The van der Waals surface area contributed by atoms with Gasteiger partial charge in [-0.1, -0.05) is 24.5 Å². The number of rotatable bonds is 10. The summed E-state index contributed by atoms with van der Waals surface area (Å²) < 4.78 is 139. The zero-order valence-corrected chi connectivity index (χ0v) is 13.5. The van der Waals surface area contributed by atoms with Crippen LogP contribution in [-0.2, 0) is 6.37 Å². The van der Waals surface area contributed by atoms with Gasteiger partial charge in [0.05, 0.1) is 39.3 Å². The monoisotopic (exact) mass is 360 g/mol. The first kappa shape index (κ1) is 6.84. The molecule has 136 valence electrons. The molecule has 0 saturated carbocycles. The van der Waals surface area contributed by atoms with Crippen molar-refractivity contribution in [1.29, 1.82) is 0 Å². The molecule has 1 unspecified atom stereocenters. The molecule has 0 fully saturated rings. The third kappa shape index (κ3) is 6.31. The molecule has 25 heavy (non-hydrogen) atoms. The van der Waals surface area contributed by atoms with Crippen molar-refractivity contribution in [3.63, 3.8) is 0 Å². The summed E-state index contributed by atoms with van der Waals surface area (Å²) in [4.78, 5) is 0. The fourth-order valence-corrected chi connectivity index (χ4v) is 1.83. The molecule has 0 spiro atoms. The van der Waals surface area contributed by atoms with Crippen LogP contribution in [0.15, 0.2) is 42.3 Å².